The van der Waals surface area contributed by atoms with Gasteiger partial charge < -0.3 is 5.73 Å². The van der Waals surface area contributed by atoms with Crippen molar-refractivity contribution in [2.75, 3.05) is 0 Å². The van der Waals surface area contributed by atoms with Crippen LogP contribution in [0.3, 0.4) is 0 Å². The van der Waals surface area contributed by atoms with E-state index >= 15 is 0 Å². The molecule has 2 heteroatoms. The van der Waals surface area contributed by atoms with E-state index in [0.29, 0.717) is 6.42 Å². The van der Waals surface area contributed by atoms with Crippen molar-refractivity contribution < 1.29 is 4.39 Å². The number of aryl methyl sites for hydroxylation is 2. The minimum absolute atomic E-state index is 0.0675. The van der Waals surface area contributed by atoms with Crippen molar-refractivity contribution in [2.24, 2.45) is 5.73 Å². The molecule has 0 aliphatic heterocycles. The normalized spacial score (nSPS) is 18.0. The number of fused-ring (bicyclic) bond motifs is 1. The summed E-state index contributed by atoms with van der Waals surface area (Å²) in [6.45, 7) is 5.90. The molecular formula is C21H26FN. The van der Waals surface area contributed by atoms with Crippen LogP contribution >= 0.6 is 0 Å². The van der Waals surface area contributed by atoms with Crippen molar-refractivity contribution >= 4 is 0 Å². The molecule has 3 rings (SSSR count). The highest BCUT2D eigenvalue weighted by Crippen LogP contribution is 2.36. The van der Waals surface area contributed by atoms with Crippen LogP contribution < -0.4 is 5.73 Å². The van der Waals surface area contributed by atoms with Crippen LogP contribution in [0.25, 0.3) is 0 Å². The summed E-state index contributed by atoms with van der Waals surface area (Å²) in [6.07, 6.45) is 2.58. The Morgan fingerprint density at radius 3 is 2.43 bits per heavy atom. The highest BCUT2D eigenvalue weighted by molar-refractivity contribution is 5.48. The minimum Gasteiger partial charge on any atom is -0.324 e. The summed E-state index contributed by atoms with van der Waals surface area (Å²) in [7, 11) is 0. The molecule has 0 spiro atoms. The van der Waals surface area contributed by atoms with E-state index in [0.717, 1.165) is 24.8 Å². The predicted molar refractivity (Wildman–Crippen MR) is 94.7 cm³/mol. The Balaban J connectivity index is 1.98. The summed E-state index contributed by atoms with van der Waals surface area (Å²) in [6, 6.07) is 11.1. The standard InChI is InChI=1S/C21H26FN/c1-13-8-14(2)10-16(9-13)12-17-4-5-18(11-15(3)22)21-19(17)6-7-20(21)23/h4-5,8-10,15,20H,6-7,11-12,23H2,1-3H3. The molecule has 0 amide bonds. The SMILES string of the molecule is Cc1cc(C)cc(Cc2ccc(CC(C)F)c3c2CCC3N)c1. The lowest BCUT2D eigenvalue weighted by Crippen LogP contribution is -2.11. The fraction of sp³-hybridized carbons (Fsp3) is 0.429. The molecule has 1 aliphatic rings. The first-order chi connectivity index (χ1) is 10.9. The second-order valence-electron chi connectivity index (χ2n) is 7.08. The van der Waals surface area contributed by atoms with Crippen molar-refractivity contribution in [3.63, 3.8) is 0 Å². The second-order valence-corrected chi connectivity index (χ2v) is 7.08. The lowest BCUT2D eigenvalue weighted by atomic mass is 9.90. The third-order valence-corrected chi connectivity index (χ3v) is 4.80. The van der Waals surface area contributed by atoms with E-state index in [1.54, 1.807) is 6.92 Å². The Bertz CT molecular complexity index is 698. The minimum atomic E-state index is -0.822. The van der Waals surface area contributed by atoms with Gasteiger partial charge in [0.2, 0.25) is 0 Å². The summed E-state index contributed by atoms with van der Waals surface area (Å²) < 4.78 is 13.5. The number of hydrogen-bond acceptors (Lipinski definition) is 1. The lowest BCUT2D eigenvalue weighted by molar-refractivity contribution is 0.359. The van der Waals surface area contributed by atoms with Gasteiger partial charge in [0, 0.05) is 12.5 Å². The molecule has 0 bridgehead atoms. The Labute approximate surface area is 138 Å². The largest absolute Gasteiger partial charge is 0.324 e. The van der Waals surface area contributed by atoms with Crippen LogP contribution in [0.2, 0.25) is 0 Å². The molecular weight excluding hydrogens is 285 g/mol. The highest BCUT2D eigenvalue weighted by Gasteiger charge is 2.25. The van der Waals surface area contributed by atoms with Gasteiger partial charge in [-0.1, -0.05) is 41.5 Å². The van der Waals surface area contributed by atoms with E-state index in [2.05, 4.69) is 44.2 Å². The molecule has 0 radical (unpaired) electrons. The highest BCUT2D eigenvalue weighted by atomic mass is 19.1. The third kappa shape index (κ3) is 3.48. The molecule has 0 aromatic heterocycles. The van der Waals surface area contributed by atoms with Crippen LogP contribution in [0.1, 0.15) is 58.3 Å². The van der Waals surface area contributed by atoms with Gasteiger partial charge in [0.1, 0.15) is 6.17 Å². The number of rotatable bonds is 4. The first-order valence-electron chi connectivity index (χ1n) is 8.54. The van der Waals surface area contributed by atoms with Crippen molar-refractivity contribution in [3.8, 4) is 0 Å². The van der Waals surface area contributed by atoms with E-state index in [1.165, 1.54) is 33.4 Å². The molecule has 1 aliphatic carbocycles. The molecule has 2 atom stereocenters. The van der Waals surface area contributed by atoms with E-state index in [-0.39, 0.29) is 6.04 Å². The van der Waals surface area contributed by atoms with E-state index in [9.17, 15) is 4.39 Å². The van der Waals surface area contributed by atoms with E-state index in [1.807, 2.05) is 0 Å². The lowest BCUT2D eigenvalue weighted by Gasteiger charge is -2.16. The van der Waals surface area contributed by atoms with Gasteiger partial charge in [-0.15, -0.1) is 0 Å². The molecule has 2 aromatic rings. The average Bonchev–Trinajstić information content (AvgIpc) is 2.83. The Kier molecular flexibility index (Phi) is 4.54. The van der Waals surface area contributed by atoms with Crippen molar-refractivity contribution in [3.05, 3.63) is 69.3 Å². The van der Waals surface area contributed by atoms with Crippen LogP contribution in [0.5, 0.6) is 0 Å². The summed E-state index contributed by atoms with van der Waals surface area (Å²) in [4.78, 5) is 0. The van der Waals surface area contributed by atoms with Gasteiger partial charge >= 0.3 is 0 Å². The van der Waals surface area contributed by atoms with Crippen LogP contribution in [0, 0.1) is 13.8 Å². The van der Waals surface area contributed by atoms with Crippen LogP contribution in [-0.2, 0) is 19.3 Å². The maximum Gasteiger partial charge on any atom is 0.101 e. The average molecular weight is 311 g/mol. The molecule has 2 N–H and O–H groups in total. The number of benzene rings is 2. The number of halogens is 1. The van der Waals surface area contributed by atoms with E-state index < -0.39 is 6.17 Å². The fourth-order valence-corrected chi connectivity index (χ4v) is 4.00. The molecule has 23 heavy (non-hydrogen) atoms. The van der Waals surface area contributed by atoms with Gasteiger partial charge in [0.05, 0.1) is 0 Å². The first kappa shape index (κ1) is 16.2. The van der Waals surface area contributed by atoms with Gasteiger partial charge in [-0.05, 0) is 67.9 Å². The molecule has 122 valence electrons. The van der Waals surface area contributed by atoms with Crippen molar-refractivity contribution in [1.82, 2.24) is 0 Å². The van der Waals surface area contributed by atoms with Crippen LogP contribution in [-0.4, -0.2) is 6.17 Å². The zero-order chi connectivity index (χ0) is 16.6. The third-order valence-electron chi connectivity index (χ3n) is 4.80. The first-order valence-corrected chi connectivity index (χ1v) is 8.54. The maximum absolute atomic E-state index is 13.5. The van der Waals surface area contributed by atoms with Gasteiger partial charge in [0.25, 0.3) is 0 Å². The van der Waals surface area contributed by atoms with E-state index in [4.69, 9.17) is 5.73 Å². The molecule has 2 unspecified atom stereocenters. The smallest absolute Gasteiger partial charge is 0.101 e. The number of nitrogens with two attached hydrogens (primary N) is 1. The molecule has 2 aromatic carbocycles. The van der Waals surface area contributed by atoms with Gasteiger partial charge in [-0.2, -0.15) is 0 Å². The molecule has 0 heterocycles. The Hall–Kier alpha value is -1.67. The topological polar surface area (TPSA) is 26.0 Å². The summed E-state index contributed by atoms with van der Waals surface area (Å²) in [5.41, 5.74) is 15.3. The zero-order valence-electron chi connectivity index (χ0n) is 14.3. The van der Waals surface area contributed by atoms with Crippen LogP contribution in [0.15, 0.2) is 30.3 Å². The van der Waals surface area contributed by atoms with Crippen molar-refractivity contribution in [2.45, 2.75) is 58.7 Å². The maximum atomic E-state index is 13.5. The van der Waals surface area contributed by atoms with Gasteiger partial charge in [-0.3, -0.25) is 0 Å². The number of alkyl halides is 1. The Morgan fingerprint density at radius 2 is 1.78 bits per heavy atom. The molecule has 0 fully saturated rings. The van der Waals surface area contributed by atoms with Gasteiger partial charge in [0.15, 0.2) is 0 Å². The van der Waals surface area contributed by atoms with Crippen LogP contribution in [0.4, 0.5) is 4.39 Å². The predicted octanol–water partition coefficient (Wildman–Crippen LogP) is 4.74. The Morgan fingerprint density at radius 1 is 1.13 bits per heavy atom. The molecule has 0 saturated carbocycles. The zero-order valence-corrected chi connectivity index (χ0v) is 14.3. The summed E-state index contributed by atoms with van der Waals surface area (Å²) in [5, 5.41) is 0. The monoisotopic (exact) mass is 311 g/mol. The quantitative estimate of drug-likeness (QED) is 0.867. The van der Waals surface area contributed by atoms with Crippen molar-refractivity contribution in [1.29, 1.82) is 0 Å². The number of hydrogen-bond donors (Lipinski definition) is 1. The summed E-state index contributed by atoms with van der Waals surface area (Å²) in [5.74, 6) is 0. The molecule has 0 saturated heterocycles. The second kappa shape index (κ2) is 6.45. The summed E-state index contributed by atoms with van der Waals surface area (Å²) >= 11 is 0. The van der Waals surface area contributed by atoms with Gasteiger partial charge in [-0.25, -0.2) is 4.39 Å². The molecule has 1 nitrogen and oxygen atoms in total. The fourth-order valence-electron chi connectivity index (χ4n) is 4.00.